The Kier molecular flexibility index (Phi) is 4.62. The SMILES string of the molecule is O=C(Nc1cccc(OCC(F)F)n1)[C@H]1CCOC1. The van der Waals surface area contributed by atoms with Gasteiger partial charge in [0.05, 0.1) is 12.5 Å². The summed E-state index contributed by atoms with van der Waals surface area (Å²) in [5.74, 6) is -0.0344. The molecular formula is C12H14F2N2O3. The predicted octanol–water partition coefficient (Wildman–Crippen LogP) is 1.70. The summed E-state index contributed by atoms with van der Waals surface area (Å²) in [4.78, 5) is 15.7. The number of alkyl halides is 2. The van der Waals surface area contributed by atoms with Gasteiger partial charge in [-0.05, 0) is 12.5 Å². The van der Waals surface area contributed by atoms with E-state index in [2.05, 4.69) is 10.3 Å². The van der Waals surface area contributed by atoms with E-state index in [0.717, 1.165) is 0 Å². The molecule has 0 saturated carbocycles. The smallest absolute Gasteiger partial charge is 0.272 e. The molecule has 1 fully saturated rings. The molecule has 0 unspecified atom stereocenters. The number of aromatic nitrogens is 1. The number of hydrogen-bond donors (Lipinski definition) is 1. The van der Waals surface area contributed by atoms with Crippen LogP contribution in [0.15, 0.2) is 18.2 Å². The lowest BCUT2D eigenvalue weighted by atomic mass is 10.1. The van der Waals surface area contributed by atoms with Crippen LogP contribution < -0.4 is 10.1 Å². The summed E-state index contributed by atoms with van der Waals surface area (Å²) in [6, 6.07) is 4.61. The van der Waals surface area contributed by atoms with E-state index >= 15 is 0 Å². The second-order valence-electron chi connectivity index (χ2n) is 4.11. The van der Waals surface area contributed by atoms with Crippen LogP contribution in [0.25, 0.3) is 0 Å². The highest BCUT2D eigenvalue weighted by atomic mass is 19.3. The molecule has 1 aliphatic heterocycles. The second-order valence-corrected chi connectivity index (χ2v) is 4.11. The number of carbonyl (C=O) groups is 1. The minimum absolute atomic E-state index is 0.0563. The first-order valence-corrected chi connectivity index (χ1v) is 5.92. The zero-order chi connectivity index (χ0) is 13.7. The fourth-order valence-electron chi connectivity index (χ4n) is 1.68. The van der Waals surface area contributed by atoms with Crippen molar-refractivity contribution in [1.82, 2.24) is 4.98 Å². The standard InChI is InChI=1S/C12H14F2N2O3/c13-9(14)7-19-11-3-1-2-10(15-11)16-12(17)8-4-5-18-6-8/h1-3,8-9H,4-7H2,(H,15,16,17)/t8-/m0/s1. The predicted molar refractivity (Wildman–Crippen MR) is 63.3 cm³/mol. The molecule has 0 spiro atoms. The molecule has 2 heterocycles. The molecule has 104 valence electrons. The van der Waals surface area contributed by atoms with Crippen LogP contribution in [-0.4, -0.2) is 37.1 Å². The molecule has 1 saturated heterocycles. The number of nitrogens with one attached hydrogen (secondary N) is 1. The van der Waals surface area contributed by atoms with E-state index in [1.165, 1.54) is 6.07 Å². The van der Waals surface area contributed by atoms with Gasteiger partial charge in [-0.15, -0.1) is 0 Å². The van der Waals surface area contributed by atoms with Gasteiger partial charge in [0.25, 0.3) is 6.43 Å². The minimum atomic E-state index is -2.56. The van der Waals surface area contributed by atoms with Crippen LogP contribution >= 0.6 is 0 Å². The number of amides is 1. The van der Waals surface area contributed by atoms with Gasteiger partial charge >= 0.3 is 0 Å². The molecule has 1 atom stereocenters. The normalized spacial score (nSPS) is 18.6. The second kappa shape index (κ2) is 6.42. The Morgan fingerprint density at radius 3 is 3.11 bits per heavy atom. The zero-order valence-electron chi connectivity index (χ0n) is 10.1. The van der Waals surface area contributed by atoms with Gasteiger partial charge in [-0.2, -0.15) is 4.98 Å². The van der Waals surface area contributed by atoms with Crippen LogP contribution in [0.1, 0.15) is 6.42 Å². The lowest BCUT2D eigenvalue weighted by Crippen LogP contribution is -2.23. The van der Waals surface area contributed by atoms with Gasteiger partial charge in [0.1, 0.15) is 5.82 Å². The number of nitrogens with zero attached hydrogens (tertiary/aromatic N) is 1. The topological polar surface area (TPSA) is 60.5 Å². The van der Waals surface area contributed by atoms with Crippen molar-refractivity contribution in [3.05, 3.63) is 18.2 Å². The highest BCUT2D eigenvalue weighted by Crippen LogP contribution is 2.17. The molecule has 7 heteroatoms. The maximum absolute atomic E-state index is 12.0. The number of halogens is 2. The van der Waals surface area contributed by atoms with E-state index < -0.39 is 13.0 Å². The average molecular weight is 272 g/mol. The molecule has 19 heavy (non-hydrogen) atoms. The summed E-state index contributed by atoms with van der Waals surface area (Å²) in [6.45, 7) is 0.247. The third kappa shape index (κ3) is 4.13. The Bertz CT molecular complexity index is 437. The van der Waals surface area contributed by atoms with Gasteiger partial charge in [-0.1, -0.05) is 6.07 Å². The first-order valence-electron chi connectivity index (χ1n) is 5.92. The number of hydrogen-bond acceptors (Lipinski definition) is 4. The Morgan fingerprint density at radius 2 is 2.42 bits per heavy atom. The van der Waals surface area contributed by atoms with Crippen LogP contribution in [-0.2, 0) is 9.53 Å². The van der Waals surface area contributed by atoms with Crippen LogP contribution in [0.4, 0.5) is 14.6 Å². The summed E-state index contributed by atoms with van der Waals surface area (Å²) in [7, 11) is 0. The molecule has 1 aliphatic rings. The Hall–Kier alpha value is -1.76. The molecule has 1 aromatic heterocycles. The van der Waals surface area contributed by atoms with E-state index in [1.807, 2.05) is 0 Å². The number of rotatable bonds is 5. The van der Waals surface area contributed by atoms with Crippen LogP contribution in [0, 0.1) is 5.92 Å². The van der Waals surface area contributed by atoms with Gasteiger partial charge in [-0.3, -0.25) is 4.79 Å². The van der Waals surface area contributed by atoms with Crippen molar-refractivity contribution in [2.24, 2.45) is 5.92 Å². The number of carbonyl (C=O) groups excluding carboxylic acids is 1. The van der Waals surface area contributed by atoms with Crippen molar-refractivity contribution < 1.29 is 23.0 Å². The summed E-state index contributed by atoms with van der Waals surface area (Å²) in [5, 5.41) is 2.61. The molecule has 1 aromatic rings. The van der Waals surface area contributed by atoms with E-state index in [9.17, 15) is 13.6 Å². The fraction of sp³-hybridized carbons (Fsp3) is 0.500. The largest absolute Gasteiger partial charge is 0.472 e. The minimum Gasteiger partial charge on any atom is -0.472 e. The Morgan fingerprint density at radius 1 is 1.58 bits per heavy atom. The summed E-state index contributed by atoms with van der Waals surface area (Å²) in [5.41, 5.74) is 0. The summed E-state index contributed by atoms with van der Waals surface area (Å²) < 4.78 is 33.9. The highest BCUT2D eigenvalue weighted by Gasteiger charge is 2.23. The van der Waals surface area contributed by atoms with E-state index in [1.54, 1.807) is 12.1 Å². The molecule has 0 bridgehead atoms. The number of ether oxygens (including phenoxy) is 2. The molecule has 0 aromatic carbocycles. The van der Waals surface area contributed by atoms with E-state index in [0.29, 0.717) is 19.6 Å². The maximum atomic E-state index is 12.0. The lowest BCUT2D eigenvalue weighted by Gasteiger charge is -2.10. The lowest BCUT2D eigenvalue weighted by molar-refractivity contribution is -0.119. The molecule has 5 nitrogen and oxygen atoms in total. The van der Waals surface area contributed by atoms with Gasteiger partial charge in [0.2, 0.25) is 11.8 Å². The van der Waals surface area contributed by atoms with Crippen LogP contribution in [0.5, 0.6) is 5.88 Å². The third-order valence-corrected chi connectivity index (χ3v) is 2.63. The van der Waals surface area contributed by atoms with E-state index in [-0.39, 0.29) is 23.5 Å². The number of anilines is 1. The monoisotopic (exact) mass is 272 g/mol. The van der Waals surface area contributed by atoms with Gasteiger partial charge in [-0.25, -0.2) is 8.78 Å². The summed E-state index contributed by atoms with van der Waals surface area (Å²) >= 11 is 0. The Labute approximate surface area is 108 Å². The molecule has 1 amide bonds. The molecule has 1 N–H and O–H groups in total. The van der Waals surface area contributed by atoms with Gasteiger partial charge < -0.3 is 14.8 Å². The molecule has 2 rings (SSSR count). The Balaban J connectivity index is 1.92. The molecule has 0 aliphatic carbocycles. The quantitative estimate of drug-likeness (QED) is 0.886. The first kappa shape index (κ1) is 13.7. The van der Waals surface area contributed by atoms with Crippen molar-refractivity contribution in [3.63, 3.8) is 0 Å². The third-order valence-electron chi connectivity index (χ3n) is 2.63. The van der Waals surface area contributed by atoms with Crippen molar-refractivity contribution in [2.45, 2.75) is 12.8 Å². The van der Waals surface area contributed by atoms with Crippen LogP contribution in [0.2, 0.25) is 0 Å². The van der Waals surface area contributed by atoms with Gasteiger partial charge in [0.15, 0.2) is 6.61 Å². The fourth-order valence-corrected chi connectivity index (χ4v) is 1.68. The van der Waals surface area contributed by atoms with Crippen molar-refractivity contribution in [2.75, 3.05) is 25.1 Å². The first-order chi connectivity index (χ1) is 9.15. The zero-order valence-corrected chi connectivity index (χ0v) is 10.1. The average Bonchev–Trinajstić information content (AvgIpc) is 2.91. The van der Waals surface area contributed by atoms with Crippen molar-refractivity contribution in [3.8, 4) is 5.88 Å². The van der Waals surface area contributed by atoms with E-state index in [4.69, 9.17) is 9.47 Å². The summed E-state index contributed by atoms with van der Waals surface area (Å²) in [6.07, 6.45) is -1.89. The molecular weight excluding hydrogens is 258 g/mol. The van der Waals surface area contributed by atoms with Crippen LogP contribution in [0.3, 0.4) is 0 Å². The maximum Gasteiger partial charge on any atom is 0.272 e. The highest BCUT2D eigenvalue weighted by molar-refractivity contribution is 5.91. The van der Waals surface area contributed by atoms with Gasteiger partial charge in [0, 0.05) is 12.7 Å². The van der Waals surface area contributed by atoms with Crippen molar-refractivity contribution >= 4 is 11.7 Å². The van der Waals surface area contributed by atoms with Crippen molar-refractivity contribution in [1.29, 1.82) is 0 Å². The number of pyridine rings is 1. The molecule has 0 radical (unpaired) electrons.